The van der Waals surface area contributed by atoms with Gasteiger partial charge in [0.15, 0.2) is 5.43 Å². The minimum absolute atomic E-state index is 0.00532. The molecular weight excluding hydrogens is 186 g/mol. The third-order valence-electron chi connectivity index (χ3n) is 2.38. The molecule has 1 heterocycles. The normalized spacial score (nSPS) is 10.1. The summed E-state index contributed by atoms with van der Waals surface area (Å²) >= 11 is 0. The first-order valence-corrected chi connectivity index (χ1v) is 4.68. The first-order chi connectivity index (χ1) is 7.27. The fourth-order valence-corrected chi connectivity index (χ4v) is 1.63. The molecule has 0 amide bonds. The lowest BCUT2D eigenvalue weighted by atomic mass is 10.1. The summed E-state index contributed by atoms with van der Waals surface area (Å²) in [6, 6.07) is 7.40. The lowest BCUT2D eigenvalue weighted by Crippen LogP contribution is -2.09. The second kappa shape index (κ2) is 3.58. The molecule has 0 saturated carbocycles. The predicted molar refractivity (Wildman–Crippen MR) is 64.8 cm³/mol. The molecule has 0 aliphatic carbocycles. The molecule has 1 aromatic carbocycles. The van der Waals surface area contributed by atoms with Gasteiger partial charge in [-0.2, -0.15) is 0 Å². The van der Waals surface area contributed by atoms with E-state index in [2.05, 4.69) is 18.1 Å². The van der Waals surface area contributed by atoms with E-state index in [-0.39, 0.29) is 5.43 Å². The van der Waals surface area contributed by atoms with E-state index in [1.54, 1.807) is 18.2 Å². The highest BCUT2D eigenvalue weighted by atomic mass is 16.1. The van der Waals surface area contributed by atoms with Gasteiger partial charge in [-0.1, -0.05) is 31.4 Å². The molecule has 0 aliphatic rings. The number of aromatic nitrogens is 1. The van der Waals surface area contributed by atoms with E-state index in [1.807, 2.05) is 18.2 Å². The van der Waals surface area contributed by atoms with E-state index in [4.69, 9.17) is 0 Å². The molecule has 0 bridgehead atoms. The second-order valence-electron chi connectivity index (χ2n) is 3.24. The number of fused-ring (bicyclic) bond motifs is 1. The Labute approximate surface area is 87.6 Å². The molecule has 74 valence electrons. The molecule has 0 radical (unpaired) electrons. The number of benzene rings is 1. The van der Waals surface area contributed by atoms with Crippen molar-refractivity contribution in [2.24, 2.45) is 0 Å². The minimum atomic E-state index is -0.00532. The molecule has 1 aromatic heterocycles. The zero-order chi connectivity index (χ0) is 10.8. The van der Waals surface area contributed by atoms with Crippen molar-refractivity contribution >= 4 is 23.1 Å². The fourth-order valence-electron chi connectivity index (χ4n) is 1.63. The van der Waals surface area contributed by atoms with Crippen LogP contribution >= 0.6 is 0 Å². The van der Waals surface area contributed by atoms with Crippen molar-refractivity contribution in [2.75, 3.05) is 0 Å². The Balaban J connectivity index is 3.00. The molecule has 0 saturated heterocycles. The number of hydrogen-bond acceptors (Lipinski definition) is 1. The predicted octanol–water partition coefficient (Wildman–Crippen LogP) is 2.81. The zero-order valence-corrected chi connectivity index (χ0v) is 8.29. The highest BCUT2D eigenvalue weighted by Gasteiger charge is 2.05. The van der Waals surface area contributed by atoms with Gasteiger partial charge in [0.2, 0.25) is 0 Å². The Hall–Kier alpha value is -2.09. The van der Waals surface area contributed by atoms with Crippen molar-refractivity contribution in [3.05, 3.63) is 58.9 Å². The smallest absolute Gasteiger partial charge is 0.197 e. The molecule has 2 heteroatoms. The van der Waals surface area contributed by atoms with Gasteiger partial charge in [0.05, 0.1) is 0 Å². The van der Waals surface area contributed by atoms with Gasteiger partial charge >= 0.3 is 0 Å². The summed E-state index contributed by atoms with van der Waals surface area (Å²) in [5.41, 5.74) is 2.11. The fraction of sp³-hybridized carbons (Fsp3) is 0. The van der Waals surface area contributed by atoms with Crippen molar-refractivity contribution in [3.8, 4) is 0 Å². The average molecular weight is 197 g/mol. The van der Waals surface area contributed by atoms with E-state index >= 15 is 0 Å². The Morgan fingerprint density at radius 3 is 2.53 bits per heavy atom. The standard InChI is InChI=1S/C13H11NO/c1-3-9-11(4-2)14-12-8-6-5-7-10(12)13(9)15/h3-8H,1-2H2,(H,14,15). The molecular formula is C13H11NO. The van der Waals surface area contributed by atoms with Crippen LogP contribution < -0.4 is 5.43 Å². The topological polar surface area (TPSA) is 32.9 Å². The van der Waals surface area contributed by atoms with E-state index in [1.165, 1.54) is 0 Å². The Morgan fingerprint density at radius 2 is 1.87 bits per heavy atom. The lowest BCUT2D eigenvalue weighted by Gasteiger charge is -2.04. The molecule has 0 unspecified atom stereocenters. The quantitative estimate of drug-likeness (QED) is 0.788. The molecule has 15 heavy (non-hydrogen) atoms. The van der Waals surface area contributed by atoms with E-state index in [9.17, 15) is 4.79 Å². The van der Waals surface area contributed by atoms with Crippen LogP contribution in [-0.4, -0.2) is 4.98 Å². The number of aromatic amines is 1. The summed E-state index contributed by atoms with van der Waals surface area (Å²) < 4.78 is 0. The lowest BCUT2D eigenvalue weighted by molar-refractivity contribution is 1.33. The number of pyridine rings is 1. The number of nitrogens with one attached hydrogen (secondary N) is 1. The van der Waals surface area contributed by atoms with Crippen LogP contribution in [0.15, 0.2) is 42.2 Å². The van der Waals surface area contributed by atoms with Gasteiger partial charge < -0.3 is 4.98 Å². The van der Waals surface area contributed by atoms with Gasteiger partial charge in [0.25, 0.3) is 0 Å². The van der Waals surface area contributed by atoms with Gasteiger partial charge in [0, 0.05) is 22.2 Å². The van der Waals surface area contributed by atoms with Crippen LogP contribution in [0, 0.1) is 0 Å². The van der Waals surface area contributed by atoms with Crippen molar-refractivity contribution in [3.63, 3.8) is 0 Å². The highest BCUT2D eigenvalue weighted by molar-refractivity contribution is 5.83. The zero-order valence-electron chi connectivity index (χ0n) is 8.29. The first-order valence-electron chi connectivity index (χ1n) is 4.68. The molecule has 0 aliphatic heterocycles. The van der Waals surface area contributed by atoms with Crippen molar-refractivity contribution in [1.82, 2.24) is 4.98 Å². The molecule has 0 spiro atoms. The summed E-state index contributed by atoms with van der Waals surface area (Å²) in [5.74, 6) is 0. The molecule has 0 atom stereocenters. The van der Waals surface area contributed by atoms with Crippen LogP contribution in [0.2, 0.25) is 0 Å². The van der Waals surface area contributed by atoms with Crippen LogP contribution in [0.25, 0.3) is 23.1 Å². The summed E-state index contributed by atoms with van der Waals surface area (Å²) in [7, 11) is 0. The average Bonchev–Trinajstić information content (AvgIpc) is 2.29. The summed E-state index contributed by atoms with van der Waals surface area (Å²) in [4.78, 5) is 15.1. The maximum atomic E-state index is 12.0. The van der Waals surface area contributed by atoms with Crippen LogP contribution in [-0.2, 0) is 0 Å². The minimum Gasteiger partial charge on any atom is -0.354 e. The number of H-pyrrole nitrogens is 1. The van der Waals surface area contributed by atoms with Gasteiger partial charge in [0.1, 0.15) is 0 Å². The summed E-state index contributed by atoms with van der Waals surface area (Å²) in [5, 5.41) is 0.679. The largest absolute Gasteiger partial charge is 0.354 e. The number of para-hydroxylation sites is 1. The van der Waals surface area contributed by atoms with E-state index in [0.29, 0.717) is 16.6 Å². The number of rotatable bonds is 2. The van der Waals surface area contributed by atoms with Crippen molar-refractivity contribution in [2.45, 2.75) is 0 Å². The first kappa shape index (κ1) is 9.46. The van der Waals surface area contributed by atoms with Crippen LogP contribution in [0.1, 0.15) is 11.3 Å². The van der Waals surface area contributed by atoms with Crippen molar-refractivity contribution in [1.29, 1.82) is 0 Å². The van der Waals surface area contributed by atoms with Crippen molar-refractivity contribution < 1.29 is 0 Å². The molecule has 2 aromatic rings. The number of hydrogen-bond donors (Lipinski definition) is 1. The Bertz CT molecular complexity index is 593. The van der Waals surface area contributed by atoms with Gasteiger partial charge in [-0.15, -0.1) is 0 Å². The Morgan fingerprint density at radius 1 is 1.13 bits per heavy atom. The molecule has 2 rings (SSSR count). The highest BCUT2D eigenvalue weighted by Crippen LogP contribution is 2.12. The van der Waals surface area contributed by atoms with Gasteiger partial charge in [-0.25, -0.2) is 0 Å². The van der Waals surface area contributed by atoms with E-state index in [0.717, 1.165) is 5.52 Å². The van der Waals surface area contributed by atoms with Gasteiger partial charge in [-0.3, -0.25) is 4.79 Å². The second-order valence-corrected chi connectivity index (χ2v) is 3.24. The summed E-state index contributed by atoms with van der Waals surface area (Å²) in [6.07, 6.45) is 3.19. The maximum absolute atomic E-state index is 12.0. The van der Waals surface area contributed by atoms with Crippen LogP contribution in [0.5, 0.6) is 0 Å². The molecule has 0 fully saturated rings. The third-order valence-corrected chi connectivity index (χ3v) is 2.38. The maximum Gasteiger partial charge on any atom is 0.197 e. The van der Waals surface area contributed by atoms with Crippen LogP contribution in [0.4, 0.5) is 0 Å². The summed E-state index contributed by atoms with van der Waals surface area (Å²) in [6.45, 7) is 7.31. The van der Waals surface area contributed by atoms with Crippen LogP contribution in [0.3, 0.4) is 0 Å². The molecule has 2 nitrogen and oxygen atoms in total. The van der Waals surface area contributed by atoms with Gasteiger partial charge in [-0.05, 0) is 18.2 Å². The monoisotopic (exact) mass is 197 g/mol. The van der Waals surface area contributed by atoms with E-state index < -0.39 is 0 Å². The third kappa shape index (κ3) is 1.40. The Kier molecular flexibility index (Phi) is 2.26. The molecule has 1 N–H and O–H groups in total. The SMILES string of the molecule is C=Cc1[nH]c2ccccc2c(=O)c1C=C.